The number of anilines is 1. The molecule has 0 unspecified atom stereocenters. The third-order valence-corrected chi connectivity index (χ3v) is 6.03. The molecular formula is C22H24ClF2N5O. The van der Waals surface area contributed by atoms with Crippen LogP contribution >= 0.6 is 11.6 Å². The first kappa shape index (κ1) is 21.5. The Balaban J connectivity index is 1.53. The van der Waals surface area contributed by atoms with Crippen molar-refractivity contribution >= 4 is 23.2 Å². The number of aryl methyl sites for hydroxylation is 2. The molecule has 0 bridgehead atoms. The second kappa shape index (κ2) is 8.42. The van der Waals surface area contributed by atoms with Gasteiger partial charge in [0, 0.05) is 5.92 Å². The van der Waals surface area contributed by atoms with Gasteiger partial charge in [0.1, 0.15) is 12.2 Å². The van der Waals surface area contributed by atoms with Crippen LogP contribution in [0.2, 0.25) is 5.02 Å². The van der Waals surface area contributed by atoms with E-state index in [4.69, 9.17) is 11.6 Å². The van der Waals surface area contributed by atoms with Gasteiger partial charge in [0.25, 0.3) is 6.43 Å². The van der Waals surface area contributed by atoms with Gasteiger partial charge >= 0.3 is 0 Å². The summed E-state index contributed by atoms with van der Waals surface area (Å²) in [5.41, 5.74) is 4.51. The molecule has 0 atom stereocenters. The first-order chi connectivity index (χ1) is 14.8. The summed E-state index contributed by atoms with van der Waals surface area (Å²) in [5.74, 6) is -0.274. The molecule has 9 heteroatoms. The lowest BCUT2D eigenvalue weighted by molar-refractivity contribution is -0.117. The maximum atomic E-state index is 13.2. The van der Waals surface area contributed by atoms with E-state index in [1.165, 1.54) is 10.2 Å². The Labute approximate surface area is 184 Å². The standard InChI is InChI=1S/C22H24ClF2N5O/c1-12-6-4-5-7-16(12)10-29-14(3)19(13(2)27-29)26-17(31)11-30-21(15-8-9-15)18(23)20(28-30)22(24)25/h4-7,15,22H,8-11H2,1-3H3,(H,26,31). The number of carbonyl (C=O) groups excluding carboxylic acids is 1. The molecule has 1 N–H and O–H groups in total. The summed E-state index contributed by atoms with van der Waals surface area (Å²) >= 11 is 6.14. The van der Waals surface area contributed by atoms with E-state index in [1.807, 2.05) is 49.7 Å². The average molecular weight is 448 g/mol. The Kier molecular flexibility index (Phi) is 5.83. The van der Waals surface area contributed by atoms with E-state index in [2.05, 4.69) is 15.5 Å². The summed E-state index contributed by atoms with van der Waals surface area (Å²) < 4.78 is 29.6. The van der Waals surface area contributed by atoms with Gasteiger partial charge in [-0.15, -0.1) is 0 Å². The molecule has 0 saturated heterocycles. The number of hydrogen-bond acceptors (Lipinski definition) is 3. The Bertz CT molecular complexity index is 1130. The highest BCUT2D eigenvalue weighted by Crippen LogP contribution is 2.45. The van der Waals surface area contributed by atoms with E-state index < -0.39 is 12.1 Å². The molecule has 0 radical (unpaired) electrons. The van der Waals surface area contributed by atoms with Crippen LogP contribution in [0.4, 0.5) is 14.5 Å². The largest absolute Gasteiger partial charge is 0.321 e. The molecule has 1 aliphatic rings. The summed E-state index contributed by atoms with van der Waals surface area (Å²) in [4.78, 5) is 12.8. The van der Waals surface area contributed by atoms with Gasteiger partial charge in [0.15, 0.2) is 0 Å². The Morgan fingerprint density at radius 3 is 2.55 bits per heavy atom. The van der Waals surface area contributed by atoms with Gasteiger partial charge in [-0.1, -0.05) is 35.9 Å². The second-order valence-electron chi connectivity index (χ2n) is 8.00. The van der Waals surface area contributed by atoms with Crippen molar-refractivity contribution in [2.75, 3.05) is 5.32 Å². The summed E-state index contributed by atoms with van der Waals surface area (Å²) in [6, 6.07) is 8.06. The molecule has 2 aromatic heterocycles. The molecule has 164 valence electrons. The quantitative estimate of drug-likeness (QED) is 0.544. The SMILES string of the molecule is Cc1ccccc1Cn1nc(C)c(NC(=O)Cn2nc(C(F)F)c(Cl)c2C2CC2)c1C. The normalized spacial score (nSPS) is 13.8. The predicted octanol–water partition coefficient (Wildman–Crippen LogP) is 5.16. The number of amides is 1. The molecule has 0 aliphatic heterocycles. The molecule has 1 fully saturated rings. The van der Waals surface area contributed by atoms with Crippen LogP contribution < -0.4 is 5.32 Å². The van der Waals surface area contributed by atoms with Gasteiger partial charge < -0.3 is 5.32 Å². The average Bonchev–Trinajstić information content (AvgIpc) is 3.44. The van der Waals surface area contributed by atoms with Crippen LogP contribution in [0.25, 0.3) is 0 Å². The molecule has 31 heavy (non-hydrogen) atoms. The van der Waals surface area contributed by atoms with Crippen molar-refractivity contribution in [3.05, 3.63) is 63.2 Å². The number of aromatic nitrogens is 4. The maximum absolute atomic E-state index is 13.2. The number of nitrogens with zero attached hydrogens (tertiary/aromatic N) is 4. The fourth-order valence-electron chi connectivity index (χ4n) is 3.77. The van der Waals surface area contributed by atoms with Crippen LogP contribution in [0.3, 0.4) is 0 Å². The van der Waals surface area contributed by atoms with E-state index in [0.29, 0.717) is 23.6 Å². The van der Waals surface area contributed by atoms with Crippen molar-refractivity contribution in [3.8, 4) is 0 Å². The van der Waals surface area contributed by atoms with Gasteiger partial charge in [0.05, 0.1) is 34.3 Å². The van der Waals surface area contributed by atoms with E-state index in [0.717, 1.165) is 24.1 Å². The third kappa shape index (κ3) is 4.35. The number of alkyl halides is 2. The molecule has 1 saturated carbocycles. The highest BCUT2D eigenvalue weighted by Gasteiger charge is 2.34. The highest BCUT2D eigenvalue weighted by molar-refractivity contribution is 6.32. The number of halogens is 3. The molecule has 1 aromatic carbocycles. The lowest BCUT2D eigenvalue weighted by atomic mass is 10.1. The van der Waals surface area contributed by atoms with Gasteiger partial charge in [-0.25, -0.2) is 8.78 Å². The van der Waals surface area contributed by atoms with Crippen LogP contribution in [-0.2, 0) is 17.9 Å². The Morgan fingerprint density at radius 1 is 1.19 bits per heavy atom. The Morgan fingerprint density at radius 2 is 1.90 bits per heavy atom. The summed E-state index contributed by atoms with van der Waals surface area (Å²) in [5, 5.41) is 11.3. The molecule has 0 spiro atoms. The van der Waals surface area contributed by atoms with Crippen LogP contribution in [0.15, 0.2) is 24.3 Å². The summed E-state index contributed by atoms with van der Waals surface area (Å²) in [6.45, 7) is 6.17. The minimum absolute atomic E-state index is 0.0243. The van der Waals surface area contributed by atoms with Crippen molar-refractivity contribution in [2.24, 2.45) is 0 Å². The molecule has 1 aliphatic carbocycles. The zero-order valence-electron chi connectivity index (χ0n) is 17.6. The molecule has 4 rings (SSSR count). The monoisotopic (exact) mass is 447 g/mol. The maximum Gasteiger partial charge on any atom is 0.283 e. The smallest absolute Gasteiger partial charge is 0.283 e. The number of hydrogen-bond donors (Lipinski definition) is 1. The topological polar surface area (TPSA) is 64.7 Å². The molecule has 2 heterocycles. The molecule has 6 nitrogen and oxygen atoms in total. The van der Waals surface area contributed by atoms with Crippen LogP contribution in [0.5, 0.6) is 0 Å². The summed E-state index contributed by atoms with van der Waals surface area (Å²) in [7, 11) is 0. The number of rotatable bonds is 7. The van der Waals surface area contributed by atoms with Crippen molar-refractivity contribution in [1.29, 1.82) is 0 Å². The van der Waals surface area contributed by atoms with Crippen molar-refractivity contribution < 1.29 is 13.6 Å². The second-order valence-corrected chi connectivity index (χ2v) is 8.37. The van der Waals surface area contributed by atoms with Gasteiger partial charge in [0.2, 0.25) is 5.91 Å². The number of benzene rings is 1. The molecule has 1 amide bonds. The first-order valence-electron chi connectivity index (χ1n) is 10.2. The van der Waals surface area contributed by atoms with E-state index in [1.54, 1.807) is 0 Å². The van der Waals surface area contributed by atoms with Crippen molar-refractivity contribution in [1.82, 2.24) is 19.6 Å². The first-order valence-corrected chi connectivity index (χ1v) is 10.6. The van der Waals surface area contributed by atoms with Crippen LogP contribution in [0.1, 0.15) is 59.1 Å². The minimum Gasteiger partial charge on any atom is -0.321 e. The van der Waals surface area contributed by atoms with Crippen LogP contribution in [-0.4, -0.2) is 25.5 Å². The van der Waals surface area contributed by atoms with E-state index in [9.17, 15) is 13.6 Å². The van der Waals surface area contributed by atoms with Gasteiger partial charge in [-0.3, -0.25) is 14.2 Å². The summed E-state index contributed by atoms with van der Waals surface area (Å²) in [6.07, 6.45) is -1.06. The van der Waals surface area contributed by atoms with Crippen molar-refractivity contribution in [3.63, 3.8) is 0 Å². The lowest BCUT2D eigenvalue weighted by Gasteiger charge is -2.10. The van der Waals surface area contributed by atoms with Crippen LogP contribution in [0, 0.1) is 20.8 Å². The van der Waals surface area contributed by atoms with Gasteiger partial charge in [-0.2, -0.15) is 10.2 Å². The predicted molar refractivity (Wildman–Crippen MR) is 115 cm³/mol. The number of nitrogens with one attached hydrogen (secondary N) is 1. The van der Waals surface area contributed by atoms with E-state index >= 15 is 0 Å². The van der Waals surface area contributed by atoms with Crippen molar-refractivity contribution in [2.45, 2.75) is 59.0 Å². The fraction of sp³-hybridized carbons (Fsp3) is 0.409. The lowest BCUT2D eigenvalue weighted by Crippen LogP contribution is -2.21. The van der Waals surface area contributed by atoms with Gasteiger partial charge in [-0.05, 0) is 44.7 Å². The third-order valence-electron chi connectivity index (χ3n) is 5.65. The fourth-order valence-corrected chi connectivity index (χ4v) is 4.15. The molecular weight excluding hydrogens is 424 g/mol. The minimum atomic E-state index is -2.78. The zero-order valence-corrected chi connectivity index (χ0v) is 18.4. The number of carbonyl (C=O) groups is 1. The molecule has 3 aromatic rings. The van der Waals surface area contributed by atoms with E-state index in [-0.39, 0.29) is 23.4 Å². The highest BCUT2D eigenvalue weighted by atomic mass is 35.5. The Hall–Kier alpha value is -2.74. The zero-order chi connectivity index (χ0) is 22.3.